The Balaban J connectivity index is 2.07. The van der Waals surface area contributed by atoms with Crippen LogP contribution in [0.4, 0.5) is 4.39 Å². The van der Waals surface area contributed by atoms with Gasteiger partial charge in [-0.1, -0.05) is 32.4 Å². The Kier molecular flexibility index (Phi) is 4.31. The highest BCUT2D eigenvalue weighted by Gasteiger charge is 2.33. The molecule has 1 aromatic carbocycles. The Morgan fingerprint density at radius 3 is 2.30 bits per heavy atom. The van der Waals surface area contributed by atoms with Crippen LogP contribution in [-0.2, 0) is 0 Å². The molecule has 0 heterocycles. The number of hydrogen-bond acceptors (Lipinski definition) is 1. The lowest BCUT2D eigenvalue weighted by Gasteiger charge is -2.36. The van der Waals surface area contributed by atoms with Crippen molar-refractivity contribution in [2.24, 2.45) is 17.3 Å². The van der Waals surface area contributed by atoms with Crippen LogP contribution in [0.1, 0.15) is 62.4 Å². The van der Waals surface area contributed by atoms with Crippen molar-refractivity contribution < 1.29 is 9.18 Å². The molecular weight excluding hydrogens is 251 g/mol. The van der Waals surface area contributed by atoms with Crippen molar-refractivity contribution in [2.45, 2.75) is 53.4 Å². The van der Waals surface area contributed by atoms with Gasteiger partial charge >= 0.3 is 0 Å². The van der Waals surface area contributed by atoms with Crippen molar-refractivity contribution in [1.82, 2.24) is 0 Å². The Labute approximate surface area is 121 Å². The number of Topliss-reactive ketones (excluding diaryl/α,β-unsaturated/α-hetero) is 1. The van der Waals surface area contributed by atoms with Gasteiger partial charge in [0.2, 0.25) is 0 Å². The van der Waals surface area contributed by atoms with E-state index in [1.165, 1.54) is 6.07 Å². The molecule has 1 fully saturated rings. The highest BCUT2D eigenvalue weighted by atomic mass is 19.1. The van der Waals surface area contributed by atoms with Gasteiger partial charge in [0.15, 0.2) is 5.78 Å². The molecule has 0 radical (unpaired) electrons. The average Bonchev–Trinajstić information content (AvgIpc) is 2.40. The van der Waals surface area contributed by atoms with Crippen LogP contribution in [-0.4, -0.2) is 5.78 Å². The molecule has 1 saturated carbocycles. The van der Waals surface area contributed by atoms with E-state index < -0.39 is 0 Å². The van der Waals surface area contributed by atoms with E-state index in [1.807, 2.05) is 6.92 Å². The third kappa shape index (κ3) is 3.28. The van der Waals surface area contributed by atoms with Crippen LogP contribution in [0.25, 0.3) is 0 Å². The quantitative estimate of drug-likeness (QED) is 0.681. The van der Waals surface area contributed by atoms with Crippen LogP contribution in [0, 0.1) is 30.0 Å². The monoisotopic (exact) mass is 276 g/mol. The van der Waals surface area contributed by atoms with Crippen molar-refractivity contribution >= 4 is 5.78 Å². The van der Waals surface area contributed by atoms with Gasteiger partial charge in [-0.3, -0.25) is 4.79 Å². The number of rotatable bonds is 2. The second-order valence-corrected chi connectivity index (χ2v) is 7.26. The highest BCUT2D eigenvalue weighted by Crippen LogP contribution is 2.40. The van der Waals surface area contributed by atoms with Crippen LogP contribution in [0.2, 0.25) is 0 Å². The maximum absolute atomic E-state index is 13.8. The van der Waals surface area contributed by atoms with Gasteiger partial charge in [-0.2, -0.15) is 0 Å². The van der Waals surface area contributed by atoms with Crippen molar-refractivity contribution in [1.29, 1.82) is 0 Å². The number of carbonyl (C=O) groups is 1. The van der Waals surface area contributed by atoms with Gasteiger partial charge in [0, 0.05) is 5.92 Å². The summed E-state index contributed by atoms with van der Waals surface area (Å²) < 4.78 is 13.8. The minimum atomic E-state index is -0.376. The summed E-state index contributed by atoms with van der Waals surface area (Å²) in [6.07, 6.45) is 3.95. The molecule has 20 heavy (non-hydrogen) atoms. The second kappa shape index (κ2) is 5.67. The lowest BCUT2D eigenvalue weighted by atomic mass is 9.68. The van der Waals surface area contributed by atoms with Crippen LogP contribution in [0.3, 0.4) is 0 Å². The predicted octanol–water partition coefficient (Wildman–Crippen LogP) is 5.17. The fourth-order valence-corrected chi connectivity index (χ4v) is 3.27. The van der Waals surface area contributed by atoms with E-state index in [9.17, 15) is 9.18 Å². The summed E-state index contributed by atoms with van der Waals surface area (Å²) in [5.74, 6) is 0.302. The highest BCUT2D eigenvalue weighted by molar-refractivity contribution is 5.98. The Hall–Kier alpha value is -1.18. The molecule has 0 saturated heterocycles. The summed E-state index contributed by atoms with van der Waals surface area (Å²) in [6.45, 7) is 8.69. The molecule has 0 aromatic heterocycles. The maximum atomic E-state index is 13.8. The van der Waals surface area contributed by atoms with Crippen LogP contribution >= 0.6 is 0 Å². The molecule has 0 unspecified atom stereocenters. The van der Waals surface area contributed by atoms with Gasteiger partial charge in [0.25, 0.3) is 0 Å². The first-order chi connectivity index (χ1) is 9.29. The smallest absolute Gasteiger partial charge is 0.168 e. The predicted molar refractivity (Wildman–Crippen MR) is 80.4 cm³/mol. The van der Waals surface area contributed by atoms with E-state index in [1.54, 1.807) is 12.1 Å². The van der Waals surface area contributed by atoms with Crippen molar-refractivity contribution in [3.8, 4) is 0 Å². The third-order valence-corrected chi connectivity index (χ3v) is 4.71. The molecule has 2 rings (SSSR count). The zero-order valence-electron chi connectivity index (χ0n) is 13.0. The van der Waals surface area contributed by atoms with Crippen LogP contribution in [0.15, 0.2) is 18.2 Å². The van der Waals surface area contributed by atoms with E-state index in [2.05, 4.69) is 20.8 Å². The van der Waals surface area contributed by atoms with E-state index in [-0.39, 0.29) is 23.1 Å². The maximum Gasteiger partial charge on any atom is 0.168 e. The van der Waals surface area contributed by atoms with E-state index in [0.717, 1.165) is 31.2 Å². The first-order valence-corrected chi connectivity index (χ1v) is 7.59. The normalized spacial score (nSPS) is 23.6. The SMILES string of the molecule is Cc1ccc(F)c(C(=O)C2CCC(C(C)(C)C)CC2)c1. The summed E-state index contributed by atoms with van der Waals surface area (Å²) in [5, 5.41) is 0. The molecule has 1 aliphatic carbocycles. The van der Waals surface area contributed by atoms with Gasteiger partial charge in [0.05, 0.1) is 5.56 Å². The summed E-state index contributed by atoms with van der Waals surface area (Å²) in [6, 6.07) is 4.81. The molecular formula is C18H25FO. The van der Waals surface area contributed by atoms with Crippen molar-refractivity contribution in [3.05, 3.63) is 35.1 Å². The fraction of sp³-hybridized carbons (Fsp3) is 0.611. The minimum Gasteiger partial charge on any atom is -0.294 e. The van der Waals surface area contributed by atoms with Gasteiger partial charge in [-0.05, 0) is 56.1 Å². The number of aryl methyl sites for hydroxylation is 1. The van der Waals surface area contributed by atoms with Gasteiger partial charge in [-0.15, -0.1) is 0 Å². The summed E-state index contributed by atoms with van der Waals surface area (Å²) in [7, 11) is 0. The molecule has 0 N–H and O–H groups in total. The molecule has 0 atom stereocenters. The molecule has 1 nitrogen and oxygen atoms in total. The lowest BCUT2D eigenvalue weighted by Crippen LogP contribution is -2.29. The molecule has 0 spiro atoms. The second-order valence-electron chi connectivity index (χ2n) is 7.26. The number of halogens is 1. The standard InChI is InChI=1S/C18H25FO/c1-12-5-10-16(19)15(11-12)17(20)13-6-8-14(9-7-13)18(2,3)4/h5,10-11,13-14H,6-9H2,1-4H3. The van der Waals surface area contributed by atoms with E-state index in [4.69, 9.17) is 0 Å². The van der Waals surface area contributed by atoms with Gasteiger partial charge in [-0.25, -0.2) is 4.39 Å². The Morgan fingerprint density at radius 1 is 1.15 bits per heavy atom. The topological polar surface area (TPSA) is 17.1 Å². The van der Waals surface area contributed by atoms with Crippen molar-refractivity contribution in [2.75, 3.05) is 0 Å². The lowest BCUT2D eigenvalue weighted by molar-refractivity contribution is 0.0815. The zero-order chi connectivity index (χ0) is 14.9. The van der Waals surface area contributed by atoms with Crippen LogP contribution in [0.5, 0.6) is 0 Å². The fourth-order valence-electron chi connectivity index (χ4n) is 3.27. The molecule has 110 valence electrons. The molecule has 0 amide bonds. The van der Waals surface area contributed by atoms with E-state index in [0.29, 0.717) is 11.3 Å². The van der Waals surface area contributed by atoms with Crippen molar-refractivity contribution in [3.63, 3.8) is 0 Å². The summed E-state index contributed by atoms with van der Waals surface area (Å²) in [5.41, 5.74) is 1.53. The van der Waals surface area contributed by atoms with E-state index >= 15 is 0 Å². The molecule has 0 bridgehead atoms. The van der Waals surface area contributed by atoms with Gasteiger partial charge in [0.1, 0.15) is 5.82 Å². The molecule has 0 aliphatic heterocycles. The zero-order valence-corrected chi connectivity index (χ0v) is 13.0. The summed E-state index contributed by atoms with van der Waals surface area (Å²) in [4.78, 5) is 12.5. The largest absolute Gasteiger partial charge is 0.294 e. The van der Waals surface area contributed by atoms with Gasteiger partial charge < -0.3 is 0 Å². The minimum absolute atomic E-state index is 0.00133. The first kappa shape index (κ1) is 15.2. The third-order valence-electron chi connectivity index (χ3n) is 4.71. The summed E-state index contributed by atoms with van der Waals surface area (Å²) >= 11 is 0. The molecule has 1 aromatic rings. The number of ketones is 1. The molecule has 1 aliphatic rings. The Morgan fingerprint density at radius 2 is 1.75 bits per heavy atom. The number of hydrogen-bond donors (Lipinski definition) is 0. The Bertz CT molecular complexity index is 491. The molecule has 2 heteroatoms. The average molecular weight is 276 g/mol. The first-order valence-electron chi connectivity index (χ1n) is 7.59. The number of benzene rings is 1. The number of carbonyl (C=O) groups excluding carboxylic acids is 1. The van der Waals surface area contributed by atoms with Crippen LogP contribution < -0.4 is 0 Å².